The molecule has 1 aromatic carbocycles. The van der Waals surface area contributed by atoms with Crippen molar-refractivity contribution in [3.8, 4) is 6.07 Å². The topological polar surface area (TPSA) is 61.8 Å². The third-order valence-corrected chi connectivity index (χ3v) is 3.75. The lowest BCUT2D eigenvalue weighted by Gasteiger charge is -2.31. The van der Waals surface area contributed by atoms with Crippen molar-refractivity contribution in [3.05, 3.63) is 23.8 Å². The van der Waals surface area contributed by atoms with Crippen molar-refractivity contribution >= 4 is 17.4 Å². The molecule has 3 N–H and O–H groups in total. The summed E-state index contributed by atoms with van der Waals surface area (Å²) in [7, 11) is 0. The number of nitrogens with two attached hydrogens (primary N) is 1. The molecule has 0 aliphatic carbocycles. The molecule has 0 saturated heterocycles. The highest BCUT2D eigenvalue weighted by Gasteiger charge is 2.24. The van der Waals surface area contributed by atoms with Crippen LogP contribution in [0.15, 0.2) is 23.1 Å². The Balaban J connectivity index is 3.08. The van der Waals surface area contributed by atoms with Crippen LogP contribution in [0.1, 0.15) is 26.3 Å². The maximum absolute atomic E-state index is 9.28. The van der Waals surface area contributed by atoms with Crippen LogP contribution in [0, 0.1) is 16.7 Å². The summed E-state index contributed by atoms with van der Waals surface area (Å²) >= 11 is 1.58. The number of anilines is 1. The lowest BCUT2D eigenvalue weighted by Crippen LogP contribution is -2.40. The van der Waals surface area contributed by atoms with Gasteiger partial charge in [-0.15, -0.1) is 11.8 Å². The van der Waals surface area contributed by atoms with E-state index >= 15 is 0 Å². The van der Waals surface area contributed by atoms with E-state index < -0.39 is 0 Å². The van der Waals surface area contributed by atoms with Crippen LogP contribution >= 0.6 is 11.8 Å². The van der Waals surface area contributed by atoms with Crippen molar-refractivity contribution < 1.29 is 0 Å². The SMILES string of the molecule is CSc1cccc(NC(CN)C(C)(C)C)c1C#N. The minimum absolute atomic E-state index is 0.0524. The molecule has 0 aromatic heterocycles. The molecule has 0 amide bonds. The molecule has 1 rings (SSSR count). The van der Waals surface area contributed by atoms with E-state index in [1.165, 1.54) is 0 Å². The van der Waals surface area contributed by atoms with Crippen molar-refractivity contribution in [2.45, 2.75) is 31.7 Å². The van der Waals surface area contributed by atoms with Crippen LogP contribution in [-0.4, -0.2) is 18.8 Å². The molecule has 0 bridgehead atoms. The number of nitriles is 1. The average molecular weight is 263 g/mol. The van der Waals surface area contributed by atoms with Crippen molar-refractivity contribution in [2.24, 2.45) is 11.1 Å². The molecule has 1 atom stereocenters. The Morgan fingerprint density at radius 2 is 2.11 bits per heavy atom. The zero-order valence-corrected chi connectivity index (χ0v) is 12.3. The molecule has 0 heterocycles. The summed E-state index contributed by atoms with van der Waals surface area (Å²) in [4.78, 5) is 0.993. The van der Waals surface area contributed by atoms with E-state index in [1.807, 2.05) is 24.5 Å². The first-order valence-electron chi connectivity index (χ1n) is 5.97. The van der Waals surface area contributed by atoms with Crippen LogP contribution in [0.4, 0.5) is 5.69 Å². The first kappa shape index (κ1) is 14.9. The van der Waals surface area contributed by atoms with Gasteiger partial charge in [0.25, 0.3) is 0 Å². The Bertz CT molecular complexity index is 443. The number of benzene rings is 1. The molecule has 0 radical (unpaired) electrons. The van der Waals surface area contributed by atoms with E-state index in [-0.39, 0.29) is 11.5 Å². The first-order chi connectivity index (χ1) is 8.43. The highest BCUT2D eigenvalue weighted by atomic mass is 32.2. The maximum atomic E-state index is 9.28. The van der Waals surface area contributed by atoms with Crippen LogP contribution in [0.5, 0.6) is 0 Å². The van der Waals surface area contributed by atoms with E-state index in [4.69, 9.17) is 5.73 Å². The quantitative estimate of drug-likeness (QED) is 0.820. The summed E-state index contributed by atoms with van der Waals surface area (Å²) in [6.07, 6.45) is 1.98. The lowest BCUT2D eigenvalue weighted by atomic mass is 9.86. The van der Waals surface area contributed by atoms with Crippen LogP contribution in [0.3, 0.4) is 0 Å². The monoisotopic (exact) mass is 263 g/mol. The minimum Gasteiger partial charge on any atom is -0.379 e. The summed E-state index contributed by atoms with van der Waals surface area (Å²) in [5.41, 5.74) is 7.44. The summed E-state index contributed by atoms with van der Waals surface area (Å²) in [5.74, 6) is 0. The van der Waals surface area contributed by atoms with Gasteiger partial charge in [-0.25, -0.2) is 0 Å². The molecule has 0 saturated carbocycles. The molecular formula is C14H21N3S. The fourth-order valence-corrected chi connectivity index (χ4v) is 2.33. The predicted molar refractivity (Wildman–Crippen MR) is 78.9 cm³/mol. The number of hydrogen-bond acceptors (Lipinski definition) is 4. The molecule has 0 fully saturated rings. The molecule has 3 nitrogen and oxygen atoms in total. The van der Waals surface area contributed by atoms with Crippen molar-refractivity contribution in [3.63, 3.8) is 0 Å². The average Bonchev–Trinajstić information content (AvgIpc) is 2.33. The van der Waals surface area contributed by atoms with Crippen LogP contribution in [-0.2, 0) is 0 Å². The van der Waals surface area contributed by atoms with Gasteiger partial charge in [-0.1, -0.05) is 26.8 Å². The molecule has 1 aromatic rings. The van der Waals surface area contributed by atoms with Crippen molar-refractivity contribution in [1.29, 1.82) is 5.26 Å². The fourth-order valence-electron chi connectivity index (χ4n) is 1.75. The van der Waals surface area contributed by atoms with Gasteiger partial charge in [0.1, 0.15) is 6.07 Å². The summed E-state index contributed by atoms with van der Waals surface area (Å²) < 4.78 is 0. The molecule has 0 aliphatic heterocycles. The van der Waals surface area contributed by atoms with Crippen LogP contribution in [0.2, 0.25) is 0 Å². The number of nitrogens with zero attached hydrogens (tertiary/aromatic N) is 1. The number of nitrogens with one attached hydrogen (secondary N) is 1. The Morgan fingerprint density at radius 3 is 2.56 bits per heavy atom. The fraction of sp³-hybridized carbons (Fsp3) is 0.500. The van der Waals surface area contributed by atoms with Gasteiger partial charge < -0.3 is 11.1 Å². The van der Waals surface area contributed by atoms with Gasteiger partial charge in [0.05, 0.1) is 11.3 Å². The number of hydrogen-bond donors (Lipinski definition) is 2. The molecule has 0 spiro atoms. The smallest absolute Gasteiger partial charge is 0.102 e. The Kier molecular flexibility index (Phi) is 5.06. The second-order valence-electron chi connectivity index (χ2n) is 5.29. The Labute approximate surface area is 114 Å². The van der Waals surface area contributed by atoms with E-state index in [1.54, 1.807) is 11.8 Å². The van der Waals surface area contributed by atoms with E-state index in [9.17, 15) is 5.26 Å². The largest absolute Gasteiger partial charge is 0.379 e. The zero-order valence-electron chi connectivity index (χ0n) is 11.4. The van der Waals surface area contributed by atoms with Crippen LogP contribution < -0.4 is 11.1 Å². The third kappa shape index (κ3) is 3.41. The van der Waals surface area contributed by atoms with Crippen LogP contribution in [0.25, 0.3) is 0 Å². The van der Waals surface area contributed by atoms with E-state index in [0.29, 0.717) is 12.1 Å². The molecular weight excluding hydrogens is 242 g/mol. The second-order valence-corrected chi connectivity index (χ2v) is 6.14. The van der Waals surface area contributed by atoms with Gasteiger partial charge in [-0.05, 0) is 23.8 Å². The Hall–Kier alpha value is -1.18. The molecule has 98 valence electrons. The normalized spacial score (nSPS) is 12.9. The van der Waals surface area contributed by atoms with Gasteiger partial charge in [0.2, 0.25) is 0 Å². The Morgan fingerprint density at radius 1 is 1.44 bits per heavy atom. The van der Waals surface area contributed by atoms with Gasteiger partial charge in [0.15, 0.2) is 0 Å². The predicted octanol–water partition coefficient (Wildman–Crippen LogP) is 3.07. The van der Waals surface area contributed by atoms with Gasteiger partial charge in [-0.3, -0.25) is 0 Å². The number of thioether (sulfide) groups is 1. The summed E-state index contributed by atoms with van der Waals surface area (Å²) in [6.45, 7) is 6.96. The zero-order chi connectivity index (χ0) is 13.8. The van der Waals surface area contributed by atoms with E-state index in [0.717, 1.165) is 10.6 Å². The lowest BCUT2D eigenvalue weighted by molar-refractivity contribution is 0.346. The highest BCUT2D eigenvalue weighted by Crippen LogP contribution is 2.29. The van der Waals surface area contributed by atoms with E-state index in [2.05, 4.69) is 32.2 Å². The highest BCUT2D eigenvalue weighted by molar-refractivity contribution is 7.98. The van der Waals surface area contributed by atoms with Gasteiger partial charge in [-0.2, -0.15) is 5.26 Å². The molecule has 4 heteroatoms. The van der Waals surface area contributed by atoms with Gasteiger partial charge >= 0.3 is 0 Å². The minimum atomic E-state index is 0.0524. The third-order valence-electron chi connectivity index (χ3n) is 2.97. The molecule has 18 heavy (non-hydrogen) atoms. The standard InChI is InChI=1S/C14H21N3S/c1-14(2,3)13(9-16)17-11-6-5-7-12(18-4)10(11)8-15/h5-7,13,17H,9,16H2,1-4H3. The number of rotatable bonds is 4. The summed E-state index contributed by atoms with van der Waals surface area (Å²) in [5, 5.41) is 12.7. The summed E-state index contributed by atoms with van der Waals surface area (Å²) in [6, 6.07) is 8.27. The second kappa shape index (κ2) is 6.12. The van der Waals surface area contributed by atoms with Gasteiger partial charge in [0, 0.05) is 17.5 Å². The maximum Gasteiger partial charge on any atom is 0.102 e. The van der Waals surface area contributed by atoms with Crippen molar-refractivity contribution in [1.82, 2.24) is 0 Å². The first-order valence-corrected chi connectivity index (χ1v) is 7.20. The van der Waals surface area contributed by atoms with Crippen molar-refractivity contribution in [2.75, 3.05) is 18.1 Å². The molecule has 0 aliphatic rings. The molecule has 1 unspecified atom stereocenters.